The standard InChI is InChI=1S/C22H20N4OS/c1-27-20-12-19-21(13-18(20)25-23)28-22(24-19)26(14-16-8-4-2-5-9-16)15-17-10-6-3-7-11-17/h2-13,23H,14-15H2,1H3. The van der Waals surface area contributed by atoms with Crippen LogP contribution >= 0.6 is 11.3 Å². The van der Waals surface area contributed by atoms with Crippen molar-refractivity contribution in [2.45, 2.75) is 13.1 Å². The van der Waals surface area contributed by atoms with Crippen LogP contribution in [-0.2, 0) is 13.1 Å². The molecule has 0 saturated carbocycles. The number of nitrogens with one attached hydrogen (secondary N) is 1. The van der Waals surface area contributed by atoms with Crippen LogP contribution < -0.4 is 9.64 Å². The first-order valence-electron chi connectivity index (χ1n) is 8.95. The number of benzene rings is 3. The van der Waals surface area contributed by atoms with Crippen molar-refractivity contribution in [2.75, 3.05) is 12.0 Å². The third kappa shape index (κ3) is 3.87. The summed E-state index contributed by atoms with van der Waals surface area (Å²) < 4.78 is 6.34. The molecule has 0 radical (unpaired) electrons. The number of aromatic nitrogens is 1. The van der Waals surface area contributed by atoms with E-state index in [1.165, 1.54) is 11.1 Å². The molecule has 0 spiro atoms. The summed E-state index contributed by atoms with van der Waals surface area (Å²) in [6.07, 6.45) is 0. The molecule has 0 bridgehead atoms. The molecule has 4 rings (SSSR count). The molecule has 0 aliphatic rings. The first-order valence-corrected chi connectivity index (χ1v) is 9.77. The summed E-state index contributed by atoms with van der Waals surface area (Å²) >= 11 is 1.61. The number of nitrogens with zero attached hydrogens (tertiary/aromatic N) is 3. The Morgan fingerprint density at radius 3 is 2.11 bits per heavy atom. The Kier molecular flexibility index (Phi) is 5.30. The second kappa shape index (κ2) is 8.19. The van der Waals surface area contributed by atoms with E-state index >= 15 is 0 Å². The lowest BCUT2D eigenvalue weighted by Crippen LogP contribution is -2.21. The lowest BCUT2D eigenvalue weighted by atomic mass is 10.2. The van der Waals surface area contributed by atoms with Crippen molar-refractivity contribution in [1.82, 2.24) is 4.98 Å². The molecular formula is C22H20N4OS. The maximum atomic E-state index is 7.37. The van der Waals surface area contributed by atoms with Crippen LogP contribution in [0.3, 0.4) is 0 Å². The van der Waals surface area contributed by atoms with Gasteiger partial charge >= 0.3 is 0 Å². The number of methoxy groups -OCH3 is 1. The van der Waals surface area contributed by atoms with Crippen molar-refractivity contribution in [3.8, 4) is 5.75 Å². The van der Waals surface area contributed by atoms with E-state index < -0.39 is 0 Å². The zero-order chi connectivity index (χ0) is 19.3. The molecule has 140 valence electrons. The van der Waals surface area contributed by atoms with Gasteiger partial charge in [-0.15, -0.1) is 0 Å². The molecule has 0 saturated heterocycles. The first kappa shape index (κ1) is 18.1. The number of fused-ring (bicyclic) bond motifs is 1. The Bertz CT molecular complexity index is 1040. The van der Waals surface area contributed by atoms with E-state index in [4.69, 9.17) is 15.3 Å². The van der Waals surface area contributed by atoms with Crippen molar-refractivity contribution >= 4 is 32.4 Å². The minimum atomic E-state index is 0.517. The number of hydrogen-bond acceptors (Lipinski definition) is 6. The van der Waals surface area contributed by atoms with Gasteiger partial charge < -0.3 is 9.64 Å². The lowest BCUT2D eigenvalue weighted by Gasteiger charge is -2.22. The Hall–Kier alpha value is -3.25. The maximum absolute atomic E-state index is 7.37. The van der Waals surface area contributed by atoms with E-state index in [1.807, 2.05) is 24.3 Å². The van der Waals surface area contributed by atoms with E-state index in [0.717, 1.165) is 28.4 Å². The van der Waals surface area contributed by atoms with Gasteiger partial charge in [0.25, 0.3) is 0 Å². The average molecular weight is 388 g/mol. The first-order chi connectivity index (χ1) is 13.8. The molecule has 0 atom stereocenters. The third-order valence-electron chi connectivity index (χ3n) is 4.50. The molecule has 1 aromatic heterocycles. The minimum Gasteiger partial charge on any atom is -0.494 e. The van der Waals surface area contributed by atoms with E-state index in [1.54, 1.807) is 18.4 Å². The second-order valence-corrected chi connectivity index (χ2v) is 7.44. The van der Waals surface area contributed by atoms with Crippen LogP contribution in [0.25, 0.3) is 10.2 Å². The van der Waals surface area contributed by atoms with Gasteiger partial charge in [0.15, 0.2) is 5.13 Å². The third-order valence-corrected chi connectivity index (χ3v) is 5.58. The SMILES string of the molecule is COc1cc2nc(N(Cc3ccccc3)Cc3ccccc3)sc2cc1N=N. The molecule has 28 heavy (non-hydrogen) atoms. The average Bonchev–Trinajstić information content (AvgIpc) is 3.16. The molecule has 0 aliphatic carbocycles. The molecule has 0 fully saturated rings. The summed E-state index contributed by atoms with van der Waals surface area (Å²) in [7, 11) is 1.58. The van der Waals surface area contributed by atoms with Gasteiger partial charge in [-0.2, -0.15) is 5.11 Å². The molecule has 0 amide bonds. The zero-order valence-corrected chi connectivity index (χ0v) is 16.3. The van der Waals surface area contributed by atoms with Gasteiger partial charge in [0.05, 0.1) is 17.3 Å². The van der Waals surface area contributed by atoms with Gasteiger partial charge in [-0.1, -0.05) is 72.0 Å². The highest BCUT2D eigenvalue weighted by Crippen LogP contribution is 2.38. The van der Waals surface area contributed by atoms with Crippen LogP contribution in [0, 0.1) is 5.53 Å². The molecule has 1 heterocycles. The molecule has 4 aromatic rings. The van der Waals surface area contributed by atoms with Gasteiger partial charge in [-0.05, 0) is 17.2 Å². The monoisotopic (exact) mass is 388 g/mol. The Labute approximate surface area is 167 Å². The highest BCUT2D eigenvalue weighted by molar-refractivity contribution is 7.22. The van der Waals surface area contributed by atoms with E-state index in [-0.39, 0.29) is 0 Å². The number of anilines is 1. The Balaban J connectivity index is 1.73. The van der Waals surface area contributed by atoms with Crippen molar-refractivity contribution in [3.05, 3.63) is 83.9 Å². The van der Waals surface area contributed by atoms with Crippen LogP contribution in [0.4, 0.5) is 10.8 Å². The Morgan fingerprint density at radius 1 is 0.964 bits per heavy atom. The summed E-state index contributed by atoms with van der Waals surface area (Å²) in [5.41, 5.74) is 11.2. The van der Waals surface area contributed by atoms with Crippen LogP contribution in [0.5, 0.6) is 5.75 Å². The molecule has 3 aromatic carbocycles. The second-order valence-electron chi connectivity index (χ2n) is 6.43. The van der Waals surface area contributed by atoms with Crippen LogP contribution in [0.15, 0.2) is 77.9 Å². The van der Waals surface area contributed by atoms with Crippen molar-refractivity contribution in [3.63, 3.8) is 0 Å². The van der Waals surface area contributed by atoms with Gasteiger partial charge in [0.2, 0.25) is 0 Å². The zero-order valence-electron chi connectivity index (χ0n) is 15.5. The summed E-state index contributed by atoms with van der Waals surface area (Å²) in [5, 5.41) is 4.51. The number of thiazole rings is 1. The largest absolute Gasteiger partial charge is 0.494 e. The van der Waals surface area contributed by atoms with E-state index in [9.17, 15) is 0 Å². The Morgan fingerprint density at radius 2 is 1.57 bits per heavy atom. The predicted octanol–water partition coefficient (Wildman–Crippen LogP) is 6.17. The fourth-order valence-corrected chi connectivity index (χ4v) is 4.10. The molecule has 1 N–H and O–H groups in total. The van der Waals surface area contributed by atoms with E-state index in [2.05, 4.69) is 58.5 Å². The van der Waals surface area contributed by atoms with E-state index in [0.29, 0.717) is 11.4 Å². The predicted molar refractivity (Wildman–Crippen MR) is 114 cm³/mol. The van der Waals surface area contributed by atoms with Crippen molar-refractivity contribution < 1.29 is 4.74 Å². The van der Waals surface area contributed by atoms with Crippen molar-refractivity contribution in [1.29, 1.82) is 5.53 Å². The number of hydrogen-bond donors (Lipinski definition) is 1. The van der Waals surface area contributed by atoms with Crippen LogP contribution in [0.1, 0.15) is 11.1 Å². The van der Waals surface area contributed by atoms with Gasteiger partial charge in [-0.25, -0.2) is 10.5 Å². The van der Waals surface area contributed by atoms with Gasteiger partial charge in [-0.3, -0.25) is 0 Å². The highest BCUT2D eigenvalue weighted by Gasteiger charge is 2.16. The molecule has 5 nitrogen and oxygen atoms in total. The van der Waals surface area contributed by atoms with Gasteiger partial charge in [0, 0.05) is 19.2 Å². The topological polar surface area (TPSA) is 61.6 Å². The lowest BCUT2D eigenvalue weighted by molar-refractivity contribution is 0.416. The molecule has 0 aliphatic heterocycles. The highest BCUT2D eigenvalue weighted by atomic mass is 32.1. The molecule has 6 heteroatoms. The quantitative estimate of drug-likeness (QED) is 0.385. The fourth-order valence-electron chi connectivity index (χ4n) is 3.12. The number of ether oxygens (including phenoxy) is 1. The van der Waals surface area contributed by atoms with Gasteiger partial charge in [0.1, 0.15) is 11.4 Å². The minimum absolute atomic E-state index is 0.517. The fraction of sp³-hybridized carbons (Fsp3) is 0.136. The summed E-state index contributed by atoms with van der Waals surface area (Å²) in [4.78, 5) is 7.13. The van der Waals surface area contributed by atoms with Crippen molar-refractivity contribution in [2.24, 2.45) is 5.11 Å². The summed E-state index contributed by atoms with van der Waals surface area (Å²) in [6.45, 7) is 1.53. The maximum Gasteiger partial charge on any atom is 0.187 e. The van der Waals surface area contributed by atoms with Crippen LogP contribution in [-0.4, -0.2) is 12.1 Å². The summed E-state index contributed by atoms with van der Waals surface area (Å²) in [5.74, 6) is 0.567. The smallest absolute Gasteiger partial charge is 0.187 e. The summed E-state index contributed by atoms with van der Waals surface area (Å²) in [6, 6.07) is 24.5. The normalized spacial score (nSPS) is 10.8. The van der Waals surface area contributed by atoms with Crippen LogP contribution in [0.2, 0.25) is 0 Å². The molecule has 0 unspecified atom stereocenters. The molecular weight excluding hydrogens is 368 g/mol. The number of rotatable bonds is 7.